The topological polar surface area (TPSA) is 42.7 Å². The second-order valence-electron chi connectivity index (χ2n) is 6.49. The number of aryl methyl sites for hydroxylation is 1. The molecule has 0 fully saturated rings. The predicted molar refractivity (Wildman–Crippen MR) is 106 cm³/mol. The summed E-state index contributed by atoms with van der Waals surface area (Å²) in [6, 6.07) is 4.81. The molecule has 0 atom stereocenters. The van der Waals surface area contributed by atoms with E-state index in [1.165, 1.54) is 19.5 Å². The third-order valence-electron chi connectivity index (χ3n) is 3.84. The fraction of sp³-hybridized carbons (Fsp3) is 0.238. The highest BCUT2D eigenvalue weighted by Crippen LogP contribution is 2.32. The summed E-state index contributed by atoms with van der Waals surface area (Å²) in [4.78, 5) is 3.87. The van der Waals surface area contributed by atoms with Gasteiger partial charge in [0.05, 0.1) is 16.8 Å². The van der Waals surface area contributed by atoms with E-state index in [0.717, 1.165) is 29.1 Å². The van der Waals surface area contributed by atoms with Crippen LogP contribution in [0.2, 0.25) is 0 Å². The molecule has 4 nitrogen and oxygen atoms in total. The fourth-order valence-electron chi connectivity index (χ4n) is 2.55. The first-order chi connectivity index (χ1) is 14.5. The predicted octanol–water partition coefficient (Wildman–Crippen LogP) is 6.42. The van der Waals surface area contributed by atoms with E-state index in [2.05, 4.69) is 35.8 Å². The summed E-state index contributed by atoms with van der Waals surface area (Å²) in [7, 11) is 1.24. The van der Waals surface area contributed by atoms with Gasteiger partial charge >= 0.3 is 6.18 Å². The Morgan fingerprint density at radius 3 is 2.13 bits per heavy atom. The highest BCUT2D eigenvalue weighted by molar-refractivity contribution is 5.75. The van der Waals surface area contributed by atoms with E-state index in [-0.39, 0.29) is 22.8 Å². The summed E-state index contributed by atoms with van der Waals surface area (Å²) < 4.78 is 81.2. The molecule has 166 valence electrons. The van der Waals surface area contributed by atoms with Gasteiger partial charge < -0.3 is 5.32 Å². The SMILES string of the molecule is C=C(Nc1cc(F)c(-c2cc(C(F)(F)F)nn2C)cn1)c1c(F)cccc1F.CCC. The van der Waals surface area contributed by atoms with Gasteiger partial charge in [-0.2, -0.15) is 18.3 Å². The van der Waals surface area contributed by atoms with Gasteiger partial charge in [0.25, 0.3) is 0 Å². The normalized spacial score (nSPS) is 11.0. The Morgan fingerprint density at radius 1 is 1.06 bits per heavy atom. The van der Waals surface area contributed by atoms with E-state index in [4.69, 9.17) is 0 Å². The zero-order chi connectivity index (χ0) is 23.3. The molecular formula is C21H20F6N4. The smallest absolute Gasteiger partial charge is 0.340 e. The molecule has 2 aromatic heterocycles. The van der Waals surface area contributed by atoms with Crippen LogP contribution in [0.1, 0.15) is 31.5 Å². The van der Waals surface area contributed by atoms with Crippen molar-refractivity contribution in [1.29, 1.82) is 0 Å². The van der Waals surface area contributed by atoms with Crippen LogP contribution in [0.3, 0.4) is 0 Å². The highest BCUT2D eigenvalue weighted by atomic mass is 19.4. The first kappa shape index (κ1) is 24.0. The molecule has 0 aliphatic heterocycles. The van der Waals surface area contributed by atoms with Gasteiger partial charge in [-0.15, -0.1) is 0 Å². The van der Waals surface area contributed by atoms with Crippen LogP contribution in [0, 0.1) is 17.5 Å². The van der Waals surface area contributed by atoms with E-state index in [0.29, 0.717) is 6.07 Å². The van der Waals surface area contributed by atoms with Crippen LogP contribution in [0.15, 0.2) is 43.1 Å². The van der Waals surface area contributed by atoms with Gasteiger partial charge in [0.15, 0.2) is 5.69 Å². The molecule has 0 saturated heterocycles. The van der Waals surface area contributed by atoms with Crippen LogP contribution in [-0.2, 0) is 13.2 Å². The third kappa shape index (κ3) is 5.65. The number of benzene rings is 1. The molecule has 1 aromatic carbocycles. The minimum atomic E-state index is -4.68. The van der Waals surface area contributed by atoms with E-state index in [1.54, 1.807) is 0 Å². The molecule has 3 aromatic rings. The van der Waals surface area contributed by atoms with Crippen molar-refractivity contribution in [2.75, 3.05) is 5.32 Å². The van der Waals surface area contributed by atoms with Crippen molar-refractivity contribution in [2.24, 2.45) is 7.05 Å². The average molecular weight is 442 g/mol. The van der Waals surface area contributed by atoms with Crippen molar-refractivity contribution in [3.05, 3.63) is 71.8 Å². The first-order valence-corrected chi connectivity index (χ1v) is 9.17. The number of nitrogens with zero attached hydrogens (tertiary/aromatic N) is 3. The van der Waals surface area contributed by atoms with Gasteiger partial charge in [0.1, 0.15) is 23.3 Å². The number of alkyl halides is 3. The molecule has 0 aliphatic rings. The Balaban J connectivity index is 0.00000107. The number of rotatable bonds is 4. The van der Waals surface area contributed by atoms with E-state index < -0.39 is 34.9 Å². The monoisotopic (exact) mass is 442 g/mol. The van der Waals surface area contributed by atoms with Crippen molar-refractivity contribution >= 4 is 11.5 Å². The van der Waals surface area contributed by atoms with Crippen molar-refractivity contribution < 1.29 is 26.3 Å². The molecule has 31 heavy (non-hydrogen) atoms. The van der Waals surface area contributed by atoms with Gasteiger partial charge in [-0.05, 0) is 18.2 Å². The quantitative estimate of drug-likeness (QED) is 0.475. The van der Waals surface area contributed by atoms with Crippen LogP contribution in [-0.4, -0.2) is 14.8 Å². The molecular weight excluding hydrogens is 422 g/mol. The zero-order valence-electron chi connectivity index (χ0n) is 17.0. The molecule has 10 heteroatoms. The van der Waals surface area contributed by atoms with E-state index >= 15 is 0 Å². The molecule has 0 spiro atoms. The van der Waals surface area contributed by atoms with Crippen LogP contribution in [0.4, 0.5) is 32.2 Å². The van der Waals surface area contributed by atoms with Crippen molar-refractivity contribution in [3.63, 3.8) is 0 Å². The van der Waals surface area contributed by atoms with Crippen LogP contribution in [0.25, 0.3) is 17.0 Å². The van der Waals surface area contributed by atoms with Crippen LogP contribution >= 0.6 is 0 Å². The molecule has 0 unspecified atom stereocenters. The lowest BCUT2D eigenvalue weighted by Gasteiger charge is -2.12. The Kier molecular flexibility index (Phi) is 7.48. The molecule has 0 radical (unpaired) electrons. The van der Waals surface area contributed by atoms with Gasteiger partial charge in [-0.25, -0.2) is 18.2 Å². The minimum Gasteiger partial charge on any atom is -0.340 e. The second kappa shape index (κ2) is 9.67. The summed E-state index contributed by atoms with van der Waals surface area (Å²) in [6.45, 7) is 7.75. The van der Waals surface area contributed by atoms with Crippen molar-refractivity contribution in [1.82, 2.24) is 14.8 Å². The van der Waals surface area contributed by atoms with Gasteiger partial charge in [0.2, 0.25) is 0 Å². The van der Waals surface area contributed by atoms with E-state index in [9.17, 15) is 26.3 Å². The summed E-state index contributed by atoms with van der Waals surface area (Å²) >= 11 is 0. The lowest BCUT2D eigenvalue weighted by atomic mass is 10.1. The van der Waals surface area contributed by atoms with Crippen LogP contribution in [0.5, 0.6) is 0 Å². The number of nitrogens with one attached hydrogen (secondary N) is 1. The Bertz CT molecular complexity index is 1050. The Labute approximate surface area is 175 Å². The number of hydrogen-bond donors (Lipinski definition) is 1. The summed E-state index contributed by atoms with van der Waals surface area (Å²) in [5.74, 6) is -2.78. The number of hydrogen-bond acceptors (Lipinski definition) is 3. The maximum atomic E-state index is 14.5. The average Bonchev–Trinajstić information content (AvgIpc) is 3.04. The molecule has 0 saturated carbocycles. The molecule has 3 rings (SSSR count). The maximum absolute atomic E-state index is 14.5. The molecule has 1 N–H and O–H groups in total. The number of pyridine rings is 1. The molecule has 0 aliphatic carbocycles. The Morgan fingerprint density at radius 2 is 1.65 bits per heavy atom. The zero-order valence-corrected chi connectivity index (χ0v) is 17.0. The molecule has 0 bridgehead atoms. The lowest BCUT2D eigenvalue weighted by Crippen LogP contribution is -2.06. The summed E-state index contributed by atoms with van der Waals surface area (Å²) in [5.41, 5.74) is -2.16. The van der Waals surface area contributed by atoms with E-state index in [1.807, 2.05) is 0 Å². The lowest BCUT2D eigenvalue weighted by molar-refractivity contribution is -0.141. The van der Waals surface area contributed by atoms with Crippen molar-refractivity contribution in [3.8, 4) is 11.3 Å². The highest BCUT2D eigenvalue weighted by Gasteiger charge is 2.35. The van der Waals surface area contributed by atoms with Gasteiger partial charge in [0, 0.05) is 25.0 Å². The summed E-state index contributed by atoms with van der Waals surface area (Å²) in [6.07, 6.45) is -2.44. The largest absolute Gasteiger partial charge is 0.435 e. The minimum absolute atomic E-state index is 0.132. The van der Waals surface area contributed by atoms with Gasteiger partial charge in [-0.1, -0.05) is 32.9 Å². The standard InChI is InChI=1S/C18H12F6N4.C3H8/c1-9(17-11(19)4-3-5-12(17)20)26-16-6-13(21)10(8-25-16)14-7-15(18(22,23)24)27-28(14)2;1-3-2/h3-8H,1H2,2H3,(H,25,26);3H2,1-2H3. The Hall–Kier alpha value is -3.30. The number of halogens is 6. The third-order valence-corrected chi connectivity index (χ3v) is 3.84. The second-order valence-corrected chi connectivity index (χ2v) is 6.49. The fourth-order valence-corrected chi connectivity index (χ4v) is 2.55. The maximum Gasteiger partial charge on any atom is 0.435 e. The van der Waals surface area contributed by atoms with Gasteiger partial charge in [-0.3, -0.25) is 4.68 Å². The first-order valence-electron chi connectivity index (χ1n) is 9.17. The van der Waals surface area contributed by atoms with Crippen molar-refractivity contribution in [2.45, 2.75) is 26.4 Å². The molecule has 0 amide bonds. The molecule has 2 heterocycles. The summed E-state index contributed by atoms with van der Waals surface area (Å²) in [5, 5.41) is 5.79. The number of anilines is 1. The number of aromatic nitrogens is 3. The van der Waals surface area contributed by atoms with Crippen LogP contribution < -0.4 is 5.32 Å².